The number of Topliss-reactive ketones (excluding diaryl/α,β-unsaturated/α-hetero) is 1. The van der Waals surface area contributed by atoms with Crippen LogP contribution in [0.3, 0.4) is 0 Å². The van der Waals surface area contributed by atoms with Crippen LogP contribution in [0.1, 0.15) is 22.5 Å². The molecular formula is C12H14N2O. The Bertz CT molecular complexity index is 499. The van der Waals surface area contributed by atoms with Gasteiger partial charge in [-0.2, -0.15) is 0 Å². The second-order valence-electron chi connectivity index (χ2n) is 3.63. The van der Waals surface area contributed by atoms with E-state index in [9.17, 15) is 4.79 Å². The zero-order valence-electron chi connectivity index (χ0n) is 8.71. The topological polar surface area (TPSA) is 58.9 Å². The smallest absolute Gasteiger partial charge is 0.166 e. The summed E-state index contributed by atoms with van der Waals surface area (Å²) in [6, 6.07) is 7.83. The number of hydrogen-bond donors (Lipinski definition) is 2. The first-order valence-electron chi connectivity index (χ1n) is 5.04. The average Bonchev–Trinajstić information content (AvgIpc) is 2.54. The summed E-state index contributed by atoms with van der Waals surface area (Å²) in [6.07, 6.45) is 0.405. The maximum Gasteiger partial charge on any atom is 0.166 e. The van der Waals surface area contributed by atoms with Crippen LogP contribution in [-0.2, 0) is 0 Å². The third-order valence-corrected chi connectivity index (χ3v) is 2.54. The van der Waals surface area contributed by atoms with Crippen LogP contribution >= 0.6 is 0 Å². The van der Waals surface area contributed by atoms with Crippen molar-refractivity contribution in [1.82, 2.24) is 4.98 Å². The quantitative estimate of drug-likeness (QED) is 0.748. The highest BCUT2D eigenvalue weighted by atomic mass is 16.1. The molecule has 78 valence electrons. The molecule has 1 aromatic heterocycles. The third-order valence-electron chi connectivity index (χ3n) is 2.54. The summed E-state index contributed by atoms with van der Waals surface area (Å²) in [4.78, 5) is 15.0. The molecule has 0 spiro atoms. The molecule has 3 N–H and O–H groups in total. The molecule has 1 heterocycles. The molecule has 1 aromatic carbocycles. The molecule has 0 radical (unpaired) electrons. The van der Waals surface area contributed by atoms with Crippen molar-refractivity contribution in [2.45, 2.75) is 13.3 Å². The van der Waals surface area contributed by atoms with E-state index in [4.69, 9.17) is 5.73 Å². The van der Waals surface area contributed by atoms with Crippen LogP contribution in [-0.4, -0.2) is 17.3 Å². The van der Waals surface area contributed by atoms with Crippen molar-refractivity contribution < 1.29 is 4.79 Å². The molecule has 0 saturated heterocycles. The molecule has 0 aliphatic carbocycles. The number of H-pyrrole nitrogens is 1. The minimum absolute atomic E-state index is 0.118. The fourth-order valence-corrected chi connectivity index (χ4v) is 1.89. The number of nitrogens with two attached hydrogens (primary N) is 1. The van der Waals surface area contributed by atoms with Gasteiger partial charge in [-0.3, -0.25) is 4.79 Å². The normalized spacial score (nSPS) is 10.8. The van der Waals surface area contributed by atoms with Crippen LogP contribution in [0.25, 0.3) is 10.9 Å². The van der Waals surface area contributed by atoms with E-state index in [1.807, 2.05) is 31.2 Å². The summed E-state index contributed by atoms with van der Waals surface area (Å²) in [7, 11) is 0. The first kappa shape index (κ1) is 9.93. The van der Waals surface area contributed by atoms with E-state index in [0.717, 1.165) is 22.2 Å². The van der Waals surface area contributed by atoms with Gasteiger partial charge in [-0.25, -0.2) is 0 Å². The molecule has 0 fully saturated rings. The van der Waals surface area contributed by atoms with Crippen molar-refractivity contribution in [3.8, 4) is 0 Å². The minimum Gasteiger partial charge on any atom is -0.358 e. The van der Waals surface area contributed by atoms with Gasteiger partial charge in [0.1, 0.15) is 0 Å². The SMILES string of the molecule is Cc1[nH]c2ccccc2c1C(=O)CCN. The van der Waals surface area contributed by atoms with E-state index in [0.29, 0.717) is 13.0 Å². The molecule has 2 rings (SSSR count). The molecule has 0 atom stereocenters. The number of aryl methyl sites for hydroxylation is 1. The number of ketones is 1. The first-order chi connectivity index (χ1) is 7.24. The number of rotatable bonds is 3. The third kappa shape index (κ3) is 1.66. The zero-order valence-corrected chi connectivity index (χ0v) is 8.71. The van der Waals surface area contributed by atoms with Gasteiger partial charge in [0.2, 0.25) is 0 Å². The Hall–Kier alpha value is -1.61. The standard InChI is InChI=1S/C12H14N2O/c1-8-12(11(15)6-7-13)9-4-2-3-5-10(9)14-8/h2-5,14H,6-7,13H2,1H3. The van der Waals surface area contributed by atoms with Gasteiger partial charge >= 0.3 is 0 Å². The Balaban J connectivity index is 2.58. The van der Waals surface area contributed by atoms with Gasteiger partial charge in [-0.15, -0.1) is 0 Å². The molecule has 0 bridgehead atoms. The first-order valence-corrected chi connectivity index (χ1v) is 5.04. The van der Waals surface area contributed by atoms with E-state index in [1.54, 1.807) is 0 Å². The van der Waals surface area contributed by atoms with Crippen molar-refractivity contribution in [2.24, 2.45) is 5.73 Å². The van der Waals surface area contributed by atoms with Gasteiger partial charge in [-0.1, -0.05) is 18.2 Å². The maximum absolute atomic E-state index is 11.8. The van der Waals surface area contributed by atoms with Gasteiger partial charge < -0.3 is 10.7 Å². The molecule has 15 heavy (non-hydrogen) atoms. The zero-order chi connectivity index (χ0) is 10.8. The monoisotopic (exact) mass is 202 g/mol. The lowest BCUT2D eigenvalue weighted by Gasteiger charge is -1.98. The van der Waals surface area contributed by atoms with Crippen LogP contribution in [0.5, 0.6) is 0 Å². The second-order valence-corrected chi connectivity index (χ2v) is 3.63. The van der Waals surface area contributed by atoms with Crippen molar-refractivity contribution in [1.29, 1.82) is 0 Å². The predicted octanol–water partition coefficient (Wildman–Crippen LogP) is 2.01. The summed E-state index contributed by atoms with van der Waals surface area (Å²) in [5.41, 5.74) is 8.12. The van der Waals surface area contributed by atoms with E-state index < -0.39 is 0 Å². The Labute approximate surface area is 88.3 Å². The molecule has 0 unspecified atom stereocenters. The fourth-order valence-electron chi connectivity index (χ4n) is 1.89. The fraction of sp³-hybridized carbons (Fsp3) is 0.250. The predicted molar refractivity (Wildman–Crippen MR) is 61.0 cm³/mol. The highest BCUT2D eigenvalue weighted by Gasteiger charge is 2.14. The molecule has 2 aromatic rings. The number of aromatic nitrogens is 1. The maximum atomic E-state index is 11.8. The highest BCUT2D eigenvalue weighted by molar-refractivity contribution is 6.09. The van der Waals surface area contributed by atoms with Gasteiger partial charge in [0.05, 0.1) is 0 Å². The van der Waals surface area contributed by atoms with Gasteiger partial charge in [-0.05, 0) is 19.5 Å². The lowest BCUT2D eigenvalue weighted by atomic mass is 10.0. The lowest BCUT2D eigenvalue weighted by Crippen LogP contribution is -2.08. The van der Waals surface area contributed by atoms with Crippen LogP contribution < -0.4 is 5.73 Å². The van der Waals surface area contributed by atoms with E-state index in [-0.39, 0.29) is 5.78 Å². The summed E-state index contributed by atoms with van der Waals surface area (Å²) in [5, 5.41) is 0.994. The van der Waals surface area contributed by atoms with Gasteiger partial charge in [0, 0.05) is 28.6 Å². The number of hydrogen-bond acceptors (Lipinski definition) is 2. The molecular weight excluding hydrogens is 188 g/mol. The number of benzene rings is 1. The summed E-state index contributed by atoms with van der Waals surface area (Å²) >= 11 is 0. The molecule has 0 aliphatic rings. The number of carbonyl (C=O) groups is 1. The Morgan fingerprint density at radius 1 is 1.40 bits per heavy atom. The van der Waals surface area contributed by atoms with Crippen molar-refractivity contribution in [3.05, 3.63) is 35.5 Å². The molecule has 0 aliphatic heterocycles. The molecule has 0 amide bonds. The summed E-state index contributed by atoms with van der Waals surface area (Å²) < 4.78 is 0. The van der Waals surface area contributed by atoms with Crippen molar-refractivity contribution in [3.63, 3.8) is 0 Å². The van der Waals surface area contributed by atoms with E-state index in [1.165, 1.54) is 0 Å². The largest absolute Gasteiger partial charge is 0.358 e. The van der Waals surface area contributed by atoms with E-state index in [2.05, 4.69) is 4.98 Å². The minimum atomic E-state index is 0.118. The average molecular weight is 202 g/mol. The van der Waals surface area contributed by atoms with Gasteiger partial charge in [0.15, 0.2) is 5.78 Å². The Kier molecular flexibility index (Phi) is 2.56. The Morgan fingerprint density at radius 2 is 2.13 bits per heavy atom. The number of carbonyl (C=O) groups excluding carboxylic acids is 1. The molecule has 3 nitrogen and oxygen atoms in total. The highest BCUT2D eigenvalue weighted by Crippen LogP contribution is 2.22. The Morgan fingerprint density at radius 3 is 2.87 bits per heavy atom. The van der Waals surface area contributed by atoms with Gasteiger partial charge in [0.25, 0.3) is 0 Å². The van der Waals surface area contributed by atoms with Crippen LogP contribution in [0.4, 0.5) is 0 Å². The number of para-hydroxylation sites is 1. The van der Waals surface area contributed by atoms with Crippen molar-refractivity contribution >= 4 is 16.7 Å². The van der Waals surface area contributed by atoms with E-state index >= 15 is 0 Å². The lowest BCUT2D eigenvalue weighted by molar-refractivity contribution is 0.0986. The number of aromatic amines is 1. The molecule has 0 saturated carbocycles. The second kappa shape index (κ2) is 3.87. The van der Waals surface area contributed by atoms with Crippen molar-refractivity contribution in [2.75, 3.05) is 6.54 Å². The van der Waals surface area contributed by atoms with Crippen LogP contribution in [0.15, 0.2) is 24.3 Å². The van der Waals surface area contributed by atoms with Crippen LogP contribution in [0, 0.1) is 6.92 Å². The molecule has 3 heteroatoms. The summed E-state index contributed by atoms with van der Waals surface area (Å²) in [6.45, 7) is 2.32. The summed E-state index contributed by atoms with van der Waals surface area (Å²) in [5.74, 6) is 0.118. The number of fused-ring (bicyclic) bond motifs is 1. The van der Waals surface area contributed by atoms with Crippen LogP contribution in [0.2, 0.25) is 0 Å². The number of nitrogens with one attached hydrogen (secondary N) is 1.